The predicted octanol–water partition coefficient (Wildman–Crippen LogP) is 3.58. The van der Waals surface area contributed by atoms with Crippen molar-refractivity contribution < 1.29 is 0 Å². The fraction of sp³-hybridized carbons (Fsp3) is 0.308. The number of aromatic nitrogens is 2. The van der Waals surface area contributed by atoms with Crippen molar-refractivity contribution in [1.29, 1.82) is 0 Å². The van der Waals surface area contributed by atoms with E-state index in [2.05, 4.69) is 80.1 Å². The van der Waals surface area contributed by atoms with E-state index in [1.54, 1.807) is 0 Å². The summed E-state index contributed by atoms with van der Waals surface area (Å²) in [5, 5.41) is 7.77. The molecule has 1 unspecified atom stereocenters. The number of hydrogen-bond acceptors (Lipinski definition) is 2. The molecule has 0 bridgehead atoms. The number of aryl methyl sites for hydroxylation is 1. The molecule has 0 aliphatic carbocycles. The minimum absolute atomic E-state index is 0.148. The van der Waals surface area contributed by atoms with E-state index in [9.17, 15) is 0 Å². The average Bonchev–Trinajstić information content (AvgIpc) is 2.74. The minimum atomic E-state index is 0.148. The summed E-state index contributed by atoms with van der Waals surface area (Å²) < 4.78 is 4.32. The lowest BCUT2D eigenvalue weighted by atomic mass is 10.0. The third-order valence-corrected chi connectivity index (χ3v) is 4.50. The van der Waals surface area contributed by atoms with Gasteiger partial charge in [0.1, 0.15) is 0 Å². The van der Waals surface area contributed by atoms with Crippen LogP contribution in [0.3, 0.4) is 0 Å². The SMILES string of the molecule is CCn1ncc(Br)c1C(NC)c1ccccc1I. The third kappa shape index (κ3) is 2.62. The van der Waals surface area contributed by atoms with Crippen molar-refractivity contribution in [1.82, 2.24) is 15.1 Å². The maximum atomic E-state index is 4.39. The van der Waals surface area contributed by atoms with Gasteiger partial charge in [0.05, 0.1) is 22.4 Å². The molecule has 1 aromatic heterocycles. The number of benzene rings is 1. The van der Waals surface area contributed by atoms with Gasteiger partial charge in [-0.05, 0) is 64.1 Å². The number of rotatable bonds is 4. The lowest BCUT2D eigenvalue weighted by Gasteiger charge is -2.20. The van der Waals surface area contributed by atoms with Crippen molar-refractivity contribution in [3.8, 4) is 0 Å². The largest absolute Gasteiger partial charge is 0.308 e. The third-order valence-electron chi connectivity index (χ3n) is 2.91. The molecular weight excluding hydrogens is 405 g/mol. The Kier molecular flexibility index (Phi) is 4.80. The van der Waals surface area contributed by atoms with Crippen molar-refractivity contribution in [3.05, 3.63) is 49.8 Å². The Hall–Kier alpha value is -0.400. The van der Waals surface area contributed by atoms with Crippen molar-refractivity contribution in [3.63, 3.8) is 0 Å². The van der Waals surface area contributed by atoms with Crippen LogP contribution >= 0.6 is 38.5 Å². The van der Waals surface area contributed by atoms with Crippen LogP contribution in [-0.2, 0) is 6.54 Å². The highest BCUT2D eigenvalue weighted by atomic mass is 127. The Balaban J connectivity index is 2.52. The number of hydrogen-bond donors (Lipinski definition) is 1. The molecule has 2 aromatic rings. The molecule has 2 rings (SSSR count). The van der Waals surface area contributed by atoms with E-state index in [-0.39, 0.29) is 6.04 Å². The second-order valence-corrected chi connectivity index (χ2v) is 5.95. The summed E-state index contributed by atoms with van der Waals surface area (Å²) >= 11 is 5.97. The molecule has 5 heteroatoms. The summed E-state index contributed by atoms with van der Waals surface area (Å²) in [6.45, 7) is 2.97. The number of nitrogens with zero attached hydrogens (tertiary/aromatic N) is 2. The second-order valence-electron chi connectivity index (χ2n) is 3.94. The van der Waals surface area contributed by atoms with Crippen molar-refractivity contribution in [2.45, 2.75) is 19.5 Å². The fourth-order valence-corrected chi connectivity index (χ4v) is 3.28. The zero-order valence-electron chi connectivity index (χ0n) is 10.3. The standard InChI is InChI=1S/C13H15BrIN3/c1-3-18-13(10(14)8-17-18)12(16-2)9-6-4-5-7-11(9)15/h4-8,12,16H,3H2,1-2H3. The molecule has 3 nitrogen and oxygen atoms in total. The first-order valence-electron chi connectivity index (χ1n) is 5.82. The molecule has 1 atom stereocenters. The van der Waals surface area contributed by atoms with Gasteiger partial charge in [-0.25, -0.2) is 0 Å². The van der Waals surface area contributed by atoms with Gasteiger partial charge in [0.15, 0.2) is 0 Å². The molecule has 0 radical (unpaired) electrons. The van der Waals surface area contributed by atoms with E-state index in [1.807, 2.05) is 17.9 Å². The molecule has 0 amide bonds. The molecule has 1 N–H and O–H groups in total. The Morgan fingerprint density at radius 3 is 2.78 bits per heavy atom. The van der Waals surface area contributed by atoms with Crippen molar-refractivity contribution >= 4 is 38.5 Å². The summed E-state index contributed by atoms with van der Waals surface area (Å²) in [4.78, 5) is 0. The van der Waals surface area contributed by atoms with Gasteiger partial charge < -0.3 is 5.32 Å². The van der Waals surface area contributed by atoms with Crippen LogP contribution in [0.15, 0.2) is 34.9 Å². The molecular formula is C13H15BrIN3. The van der Waals surface area contributed by atoms with Crippen LogP contribution in [0.4, 0.5) is 0 Å². The molecule has 0 aliphatic rings. The Morgan fingerprint density at radius 2 is 2.17 bits per heavy atom. The topological polar surface area (TPSA) is 29.9 Å². The van der Waals surface area contributed by atoms with Crippen LogP contribution in [0.2, 0.25) is 0 Å². The summed E-state index contributed by atoms with van der Waals surface area (Å²) in [7, 11) is 1.98. The maximum absolute atomic E-state index is 4.39. The van der Waals surface area contributed by atoms with Crippen LogP contribution in [0.25, 0.3) is 0 Å². The summed E-state index contributed by atoms with van der Waals surface area (Å²) in [5.41, 5.74) is 2.45. The van der Waals surface area contributed by atoms with Gasteiger partial charge in [0.25, 0.3) is 0 Å². The average molecular weight is 420 g/mol. The molecule has 0 spiro atoms. The molecule has 0 aliphatic heterocycles. The van der Waals surface area contributed by atoms with E-state index in [4.69, 9.17) is 0 Å². The number of halogens is 2. The summed E-state index contributed by atoms with van der Waals surface area (Å²) in [6.07, 6.45) is 1.86. The van der Waals surface area contributed by atoms with Crippen molar-refractivity contribution in [2.75, 3.05) is 7.05 Å². The van der Waals surface area contributed by atoms with E-state index in [0.29, 0.717) is 0 Å². The monoisotopic (exact) mass is 419 g/mol. The van der Waals surface area contributed by atoms with Gasteiger partial charge in [-0.1, -0.05) is 18.2 Å². The second kappa shape index (κ2) is 6.16. The summed E-state index contributed by atoms with van der Waals surface area (Å²) in [5.74, 6) is 0. The smallest absolute Gasteiger partial charge is 0.0767 e. The molecule has 1 heterocycles. The van der Waals surface area contributed by atoms with Crippen LogP contribution in [0.1, 0.15) is 24.2 Å². The first-order chi connectivity index (χ1) is 8.69. The Bertz CT molecular complexity index is 539. The van der Waals surface area contributed by atoms with Gasteiger partial charge in [-0.3, -0.25) is 4.68 Å². The highest BCUT2D eigenvalue weighted by Crippen LogP contribution is 2.30. The highest BCUT2D eigenvalue weighted by molar-refractivity contribution is 14.1. The molecule has 0 fully saturated rings. The normalized spacial score (nSPS) is 12.7. The van der Waals surface area contributed by atoms with Crippen LogP contribution in [-0.4, -0.2) is 16.8 Å². The Morgan fingerprint density at radius 1 is 1.44 bits per heavy atom. The molecule has 0 saturated heterocycles. The van der Waals surface area contributed by atoms with Gasteiger partial charge in [0.2, 0.25) is 0 Å². The predicted molar refractivity (Wildman–Crippen MR) is 85.7 cm³/mol. The molecule has 96 valence electrons. The first-order valence-corrected chi connectivity index (χ1v) is 7.69. The van der Waals surface area contributed by atoms with Gasteiger partial charge >= 0.3 is 0 Å². The molecule has 18 heavy (non-hydrogen) atoms. The van der Waals surface area contributed by atoms with Crippen molar-refractivity contribution in [2.24, 2.45) is 0 Å². The lowest BCUT2D eigenvalue weighted by molar-refractivity contribution is 0.560. The van der Waals surface area contributed by atoms with E-state index in [1.165, 1.54) is 14.8 Å². The number of nitrogens with one attached hydrogen (secondary N) is 1. The quantitative estimate of drug-likeness (QED) is 0.767. The van der Waals surface area contributed by atoms with Crippen LogP contribution in [0.5, 0.6) is 0 Å². The first kappa shape index (κ1) is 14.0. The molecule has 0 saturated carbocycles. The van der Waals surface area contributed by atoms with E-state index < -0.39 is 0 Å². The zero-order valence-corrected chi connectivity index (χ0v) is 14.1. The van der Waals surface area contributed by atoms with Gasteiger partial charge in [-0.2, -0.15) is 5.10 Å². The van der Waals surface area contributed by atoms with Crippen LogP contribution < -0.4 is 5.32 Å². The lowest BCUT2D eigenvalue weighted by Crippen LogP contribution is -2.22. The minimum Gasteiger partial charge on any atom is -0.308 e. The van der Waals surface area contributed by atoms with E-state index in [0.717, 1.165) is 11.0 Å². The Labute approximate surface area is 129 Å². The fourth-order valence-electron chi connectivity index (χ4n) is 2.06. The summed E-state index contributed by atoms with van der Waals surface area (Å²) in [6, 6.07) is 8.56. The van der Waals surface area contributed by atoms with Gasteiger partial charge in [0, 0.05) is 10.1 Å². The molecule has 1 aromatic carbocycles. The van der Waals surface area contributed by atoms with E-state index >= 15 is 0 Å². The highest BCUT2D eigenvalue weighted by Gasteiger charge is 2.21. The van der Waals surface area contributed by atoms with Crippen LogP contribution in [0, 0.1) is 3.57 Å². The zero-order chi connectivity index (χ0) is 13.1. The van der Waals surface area contributed by atoms with Gasteiger partial charge in [-0.15, -0.1) is 0 Å². The maximum Gasteiger partial charge on any atom is 0.0767 e.